The minimum absolute atomic E-state index is 0.0242. The molecule has 0 spiro atoms. The lowest BCUT2D eigenvalue weighted by molar-refractivity contribution is -0.130. The monoisotopic (exact) mass is 328 g/mol. The maximum Gasteiger partial charge on any atom is 0.262 e. The third-order valence-corrected chi connectivity index (χ3v) is 3.11. The second-order valence-corrected chi connectivity index (χ2v) is 5.25. The van der Waals surface area contributed by atoms with E-state index in [0.29, 0.717) is 17.2 Å². The maximum atomic E-state index is 11.8. The molecule has 0 radical (unpaired) electrons. The van der Waals surface area contributed by atoms with Gasteiger partial charge in [-0.05, 0) is 36.4 Å². The Labute approximate surface area is 141 Å². The van der Waals surface area contributed by atoms with Crippen molar-refractivity contribution in [1.29, 1.82) is 0 Å². The molecule has 0 aliphatic carbocycles. The number of hydrogen-bond acceptors (Lipinski definition) is 4. The van der Waals surface area contributed by atoms with Crippen LogP contribution < -0.4 is 14.8 Å². The molecule has 0 fully saturated rings. The van der Waals surface area contributed by atoms with Crippen molar-refractivity contribution in [1.82, 2.24) is 4.90 Å². The van der Waals surface area contributed by atoms with Crippen LogP contribution in [-0.4, -0.2) is 44.0 Å². The van der Waals surface area contributed by atoms with Crippen molar-refractivity contribution < 1.29 is 19.1 Å². The second kappa shape index (κ2) is 8.57. The lowest BCUT2D eigenvalue weighted by atomic mass is 10.3. The summed E-state index contributed by atoms with van der Waals surface area (Å²) in [6, 6.07) is 15.9. The number of benzene rings is 2. The number of carbonyl (C=O) groups excluding carboxylic acids is 2. The predicted octanol–water partition coefficient (Wildman–Crippen LogP) is 2.17. The highest BCUT2D eigenvalue weighted by atomic mass is 16.5. The van der Waals surface area contributed by atoms with Crippen LogP contribution >= 0.6 is 0 Å². The van der Waals surface area contributed by atoms with Crippen molar-refractivity contribution in [3.63, 3.8) is 0 Å². The zero-order valence-electron chi connectivity index (χ0n) is 13.7. The Kier molecular flexibility index (Phi) is 6.19. The summed E-state index contributed by atoms with van der Waals surface area (Å²) in [6.07, 6.45) is 0. The van der Waals surface area contributed by atoms with E-state index in [2.05, 4.69) is 5.32 Å². The number of hydrogen-bond donors (Lipinski definition) is 1. The van der Waals surface area contributed by atoms with E-state index in [1.807, 2.05) is 18.2 Å². The quantitative estimate of drug-likeness (QED) is 0.846. The molecule has 2 rings (SSSR count). The first-order valence-electron chi connectivity index (χ1n) is 7.45. The Morgan fingerprint density at radius 1 is 0.875 bits per heavy atom. The van der Waals surface area contributed by atoms with Crippen molar-refractivity contribution in [2.75, 3.05) is 32.6 Å². The van der Waals surface area contributed by atoms with Crippen molar-refractivity contribution in [2.24, 2.45) is 0 Å². The Morgan fingerprint density at radius 2 is 1.46 bits per heavy atom. The molecule has 0 heterocycles. The van der Waals surface area contributed by atoms with Crippen molar-refractivity contribution in [3.8, 4) is 11.5 Å². The molecule has 1 N–H and O–H groups in total. The summed E-state index contributed by atoms with van der Waals surface area (Å²) in [5.41, 5.74) is 0.628. The number of nitrogens with one attached hydrogen (secondary N) is 1. The van der Waals surface area contributed by atoms with Crippen LogP contribution in [0.15, 0.2) is 54.6 Å². The van der Waals surface area contributed by atoms with Gasteiger partial charge in [-0.3, -0.25) is 9.59 Å². The Hall–Kier alpha value is -3.02. The number of amides is 2. The van der Waals surface area contributed by atoms with Gasteiger partial charge in [0.05, 0.1) is 0 Å². The molecule has 24 heavy (non-hydrogen) atoms. The van der Waals surface area contributed by atoms with Gasteiger partial charge in [0.2, 0.25) is 0 Å². The molecule has 2 aromatic rings. The standard InChI is InChI=1S/C18H20N2O4/c1-20(2)18(22)13-24-16-10-8-14(9-11-16)19-17(21)12-23-15-6-4-3-5-7-15/h3-11H,12-13H2,1-2H3,(H,19,21). The largest absolute Gasteiger partial charge is 0.484 e. The molecule has 126 valence electrons. The second-order valence-electron chi connectivity index (χ2n) is 5.25. The number of anilines is 1. The fourth-order valence-corrected chi connectivity index (χ4v) is 1.77. The highest BCUT2D eigenvalue weighted by molar-refractivity contribution is 5.91. The summed E-state index contributed by atoms with van der Waals surface area (Å²) in [5, 5.41) is 2.73. The van der Waals surface area contributed by atoms with E-state index < -0.39 is 0 Å². The summed E-state index contributed by atoms with van der Waals surface area (Å²) < 4.78 is 10.7. The number of para-hydroxylation sites is 1. The van der Waals surface area contributed by atoms with Gasteiger partial charge in [0, 0.05) is 19.8 Å². The molecule has 0 atom stereocenters. The van der Waals surface area contributed by atoms with Gasteiger partial charge in [-0.15, -0.1) is 0 Å². The summed E-state index contributed by atoms with van der Waals surface area (Å²) in [7, 11) is 3.34. The van der Waals surface area contributed by atoms with Crippen LogP contribution in [0.3, 0.4) is 0 Å². The average molecular weight is 328 g/mol. The Morgan fingerprint density at radius 3 is 2.08 bits per heavy atom. The molecule has 0 saturated carbocycles. The maximum absolute atomic E-state index is 11.8. The number of nitrogens with zero attached hydrogens (tertiary/aromatic N) is 1. The van der Waals surface area contributed by atoms with Gasteiger partial charge >= 0.3 is 0 Å². The van der Waals surface area contributed by atoms with E-state index in [-0.39, 0.29) is 25.0 Å². The summed E-state index contributed by atoms with van der Waals surface area (Å²) >= 11 is 0. The van der Waals surface area contributed by atoms with Crippen LogP contribution in [0.4, 0.5) is 5.69 Å². The molecule has 0 saturated heterocycles. The minimum atomic E-state index is -0.254. The molecule has 2 aromatic carbocycles. The number of likely N-dealkylation sites (N-methyl/N-ethyl adjacent to an activating group) is 1. The molecular weight excluding hydrogens is 308 g/mol. The zero-order chi connectivity index (χ0) is 17.4. The first-order valence-corrected chi connectivity index (χ1v) is 7.45. The average Bonchev–Trinajstić information content (AvgIpc) is 2.60. The van der Waals surface area contributed by atoms with Crippen LogP contribution in [-0.2, 0) is 9.59 Å². The lowest BCUT2D eigenvalue weighted by Crippen LogP contribution is -2.27. The van der Waals surface area contributed by atoms with Crippen molar-refractivity contribution in [3.05, 3.63) is 54.6 Å². The summed E-state index contributed by atoms with van der Waals surface area (Å²) in [5.74, 6) is 0.825. The van der Waals surface area contributed by atoms with Crippen LogP contribution in [0.2, 0.25) is 0 Å². The molecule has 6 heteroatoms. The lowest BCUT2D eigenvalue weighted by Gasteiger charge is -2.12. The molecule has 0 bridgehead atoms. The van der Waals surface area contributed by atoms with Crippen LogP contribution in [0, 0.1) is 0 Å². The topological polar surface area (TPSA) is 67.9 Å². The van der Waals surface area contributed by atoms with E-state index in [1.54, 1.807) is 50.5 Å². The predicted molar refractivity (Wildman–Crippen MR) is 91.2 cm³/mol. The summed E-state index contributed by atoms with van der Waals surface area (Å²) in [4.78, 5) is 24.8. The van der Waals surface area contributed by atoms with Gasteiger partial charge in [0.1, 0.15) is 11.5 Å². The van der Waals surface area contributed by atoms with E-state index in [4.69, 9.17) is 9.47 Å². The third-order valence-electron chi connectivity index (χ3n) is 3.11. The Balaban J connectivity index is 1.78. The fraction of sp³-hybridized carbons (Fsp3) is 0.222. The molecule has 6 nitrogen and oxygen atoms in total. The molecule has 2 amide bonds. The number of carbonyl (C=O) groups is 2. The van der Waals surface area contributed by atoms with Crippen LogP contribution in [0.5, 0.6) is 11.5 Å². The number of ether oxygens (including phenoxy) is 2. The first-order chi connectivity index (χ1) is 11.5. The van der Waals surface area contributed by atoms with Gasteiger partial charge in [-0.25, -0.2) is 0 Å². The van der Waals surface area contributed by atoms with E-state index in [9.17, 15) is 9.59 Å². The molecular formula is C18H20N2O4. The van der Waals surface area contributed by atoms with Gasteiger partial charge in [0.15, 0.2) is 13.2 Å². The molecule has 0 aromatic heterocycles. The smallest absolute Gasteiger partial charge is 0.262 e. The van der Waals surface area contributed by atoms with Crippen molar-refractivity contribution >= 4 is 17.5 Å². The molecule has 0 aliphatic rings. The first kappa shape index (κ1) is 17.3. The van der Waals surface area contributed by atoms with Crippen molar-refractivity contribution in [2.45, 2.75) is 0 Å². The van der Waals surface area contributed by atoms with Gasteiger partial charge < -0.3 is 19.7 Å². The van der Waals surface area contributed by atoms with Crippen LogP contribution in [0.1, 0.15) is 0 Å². The fourth-order valence-electron chi connectivity index (χ4n) is 1.77. The molecule has 0 aliphatic heterocycles. The highest BCUT2D eigenvalue weighted by Gasteiger charge is 2.06. The summed E-state index contributed by atoms with van der Waals surface area (Å²) in [6.45, 7) is -0.0940. The normalized spacial score (nSPS) is 9.92. The zero-order valence-corrected chi connectivity index (χ0v) is 13.7. The third kappa shape index (κ3) is 5.64. The van der Waals surface area contributed by atoms with Gasteiger partial charge in [-0.2, -0.15) is 0 Å². The van der Waals surface area contributed by atoms with E-state index >= 15 is 0 Å². The minimum Gasteiger partial charge on any atom is -0.484 e. The van der Waals surface area contributed by atoms with Gasteiger partial charge in [-0.1, -0.05) is 18.2 Å². The SMILES string of the molecule is CN(C)C(=O)COc1ccc(NC(=O)COc2ccccc2)cc1. The van der Waals surface area contributed by atoms with Gasteiger partial charge in [0.25, 0.3) is 11.8 Å². The van der Waals surface area contributed by atoms with E-state index in [0.717, 1.165) is 0 Å². The molecule has 0 unspecified atom stereocenters. The highest BCUT2D eigenvalue weighted by Crippen LogP contribution is 2.16. The Bertz CT molecular complexity index is 669. The van der Waals surface area contributed by atoms with E-state index in [1.165, 1.54) is 4.90 Å². The number of rotatable bonds is 7. The van der Waals surface area contributed by atoms with Crippen LogP contribution in [0.25, 0.3) is 0 Å².